The van der Waals surface area contributed by atoms with E-state index in [2.05, 4.69) is 64.7 Å². The van der Waals surface area contributed by atoms with Crippen LogP contribution in [-0.2, 0) is 0 Å². The number of hydrogen-bond acceptors (Lipinski definition) is 2. The van der Waals surface area contributed by atoms with Crippen LogP contribution in [0.5, 0.6) is 0 Å². The van der Waals surface area contributed by atoms with Gasteiger partial charge in [-0.25, -0.2) is 9.50 Å². The molecule has 0 N–H and O–H groups in total. The minimum atomic E-state index is 0.872. The van der Waals surface area contributed by atoms with Gasteiger partial charge in [-0.2, -0.15) is 5.10 Å². The molecule has 0 fully saturated rings. The summed E-state index contributed by atoms with van der Waals surface area (Å²) in [6, 6.07) is 27.1. The first-order valence-electron chi connectivity index (χ1n) is 8.27. The first kappa shape index (κ1) is 13.9. The molecular weight excluding hydrogens is 306 g/mol. The fraction of sp³-hybridized carbons (Fsp3) is 0. The van der Waals surface area contributed by atoms with Crippen LogP contribution in [0.2, 0.25) is 0 Å². The molecule has 0 aliphatic carbocycles. The molecule has 5 aromatic rings. The molecule has 0 bridgehead atoms. The lowest BCUT2D eigenvalue weighted by Gasteiger charge is -2.07. The minimum absolute atomic E-state index is 0.872. The van der Waals surface area contributed by atoms with Crippen LogP contribution >= 0.6 is 0 Å². The lowest BCUT2D eigenvalue weighted by atomic mass is 10.0. The zero-order chi connectivity index (χ0) is 16.6. The highest BCUT2D eigenvalue weighted by atomic mass is 15.3. The van der Waals surface area contributed by atoms with Gasteiger partial charge in [-0.05, 0) is 28.5 Å². The maximum Gasteiger partial charge on any atom is 0.163 e. The van der Waals surface area contributed by atoms with E-state index in [1.54, 1.807) is 0 Å². The molecular formula is C22H15N3. The lowest BCUT2D eigenvalue weighted by Crippen LogP contribution is -1.95. The molecule has 0 radical (unpaired) electrons. The second-order valence-corrected chi connectivity index (χ2v) is 6.05. The van der Waals surface area contributed by atoms with Crippen molar-refractivity contribution in [3.05, 3.63) is 91.3 Å². The molecule has 0 unspecified atom stereocenters. The summed E-state index contributed by atoms with van der Waals surface area (Å²) < 4.78 is 1.92. The summed E-state index contributed by atoms with van der Waals surface area (Å²) in [4.78, 5) is 4.57. The molecule has 0 aliphatic heterocycles. The van der Waals surface area contributed by atoms with E-state index < -0.39 is 0 Å². The zero-order valence-electron chi connectivity index (χ0n) is 13.5. The van der Waals surface area contributed by atoms with E-state index in [0.717, 1.165) is 28.0 Å². The summed E-state index contributed by atoms with van der Waals surface area (Å²) in [6.45, 7) is 0. The van der Waals surface area contributed by atoms with E-state index in [1.807, 2.05) is 41.2 Å². The third-order valence-corrected chi connectivity index (χ3v) is 4.53. The summed E-state index contributed by atoms with van der Waals surface area (Å²) in [6.07, 6.45) is 3.75. The highest BCUT2D eigenvalue weighted by Gasteiger charge is 2.11. The normalized spacial score (nSPS) is 11.2. The van der Waals surface area contributed by atoms with E-state index >= 15 is 0 Å². The highest BCUT2D eigenvalue weighted by molar-refractivity contribution is 5.87. The van der Waals surface area contributed by atoms with Crippen LogP contribution in [0.3, 0.4) is 0 Å². The molecule has 2 heterocycles. The Morgan fingerprint density at radius 2 is 1.48 bits per heavy atom. The van der Waals surface area contributed by atoms with Crippen molar-refractivity contribution in [1.29, 1.82) is 0 Å². The van der Waals surface area contributed by atoms with Gasteiger partial charge in [0, 0.05) is 17.3 Å². The van der Waals surface area contributed by atoms with Crippen LogP contribution in [0.15, 0.2) is 91.3 Å². The summed E-state index contributed by atoms with van der Waals surface area (Å²) in [5.74, 6) is 0. The summed E-state index contributed by atoms with van der Waals surface area (Å²) in [5.41, 5.74) is 5.22. The van der Waals surface area contributed by atoms with Gasteiger partial charge in [0.2, 0.25) is 0 Å². The van der Waals surface area contributed by atoms with Gasteiger partial charge in [-0.3, -0.25) is 0 Å². The Morgan fingerprint density at radius 1 is 0.680 bits per heavy atom. The van der Waals surface area contributed by atoms with Gasteiger partial charge < -0.3 is 0 Å². The van der Waals surface area contributed by atoms with Gasteiger partial charge in [-0.1, -0.05) is 66.7 Å². The van der Waals surface area contributed by atoms with Crippen LogP contribution in [0, 0.1) is 0 Å². The van der Waals surface area contributed by atoms with Gasteiger partial charge in [0.25, 0.3) is 0 Å². The standard InChI is InChI=1S/C22H15N3/c1-2-7-17(8-3-1)20-15-24-25-21(12-13-23-22(20)25)19-11-10-16-6-4-5-9-18(16)14-19/h1-15H. The number of benzene rings is 3. The number of fused-ring (bicyclic) bond motifs is 2. The molecule has 0 saturated carbocycles. The topological polar surface area (TPSA) is 30.2 Å². The minimum Gasteiger partial charge on any atom is -0.236 e. The molecule has 0 spiro atoms. The first-order valence-corrected chi connectivity index (χ1v) is 8.27. The van der Waals surface area contributed by atoms with Crippen LogP contribution in [0.25, 0.3) is 38.8 Å². The molecule has 0 amide bonds. The fourth-order valence-electron chi connectivity index (χ4n) is 3.28. The van der Waals surface area contributed by atoms with Crippen LogP contribution < -0.4 is 0 Å². The van der Waals surface area contributed by atoms with E-state index in [-0.39, 0.29) is 0 Å². The van der Waals surface area contributed by atoms with E-state index in [4.69, 9.17) is 0 Å². The van der Waals surface area contributed by atoms with Gasteiger partial charge in [0.1, 0.15) is 0 Å². The third-order valence-electron chi connectivity index (χ3n) is 4.53. The van der Waals surface area contributed by atoms with Crippen molar-refractivity contribution in [1.82, 2.24) is 14.6 Å². The highest BCUT2D eigenvalue weighted by Crippen LogP contribution is 2.28. The Balaban J connectivity index is 1.72. The number of aromatic nitrogens is 3. The van der Waals surface area contributed by atoms with Crippen LogP contribution in [-0.4, -0.2) is 14.6 Å². The van der Waals surface area contributed by atoms with E-state index in [9.17, 15) is 0 Å². The number of nitrogens with zero attached hydrogens (tertiary/aromatic N) is 3. The van der Waals surface area contributed by atoms with Gasteiger partial charge in [0.15, 0.2) is 5.65 Å². The molecule has 3 heteroatoms. The molecule has 0 aliphatic rings. The van der Waals surface area contributed by atoms with Crippen molar-refractivity contribution in [2.75, 3.05) is 0 Å². The lowest BCUT2D eigenvalue weighted by molar-refractivity contribution is 0.948. The zero-order valence-corrected chi connectivity index (χ0v) is 13.5. The molecule has 118 valence electrons. The van der Waals surface area contributed by atoms with Crippen molar-refractivity contribution in [3.8, 4) is 22.4 Å². The van der Waals surface area contributed by atoms with Gasteiger partial charge in [0.05, 0.1) is 11.9 Å². The second kappa shape index (κ2) is 5.56. The Hall–Kier alpha value is -3.46. The van der Waals surface area contributed by atoms with E-state index in [1.165, 1.54) is 10.8 Å². The Kier molecular flexibility index (Phi) is 3.10. The van der Waals surface area contributed by atoms with Crippen molar-refractivity contribution in [2.24, 2.45) is 0 Å². The number of hydrogen-bond donors (Lipinski definition) is 0. The van der Waals surface area contributed by atoms with Gasteiger partial charge in [-0.15, -0.1) is 0 Å². The van der Waals surface area contributed by atoms with Crippen molar-refractivity contribution >= 4 is 16.4 Å². The Labute approximate surface area is 145 Å². The largest absolute Gasteiger partial charge is 0.236 e. The average molecular weight is 321 g/mol. The maximum absolute atomic E-state index is 4.61. The van der Waals surface area contributed by atoms with E-state index in [0.29, 0.717) is 0 Å². The molecule has 0 atom stereocenters. The predicted octanol–water partition coefficient (Wildman–Crippen LogP) is 5.22. The smallest absolute Gasteiger partial charge is 0.163 e. The Bertz CT molecular complexity index is 1190. The molecule has 5 rings (SSSR count). The summed E-state index contributed by atoms with van der Waals surface area (Å²) in [7, 11) is 0. The van der Waals surface area contributed by atoms with Gasteiger partial charge >= 0.3 is 0 Å². The summed E-state index contributed by atoms with van der Waals surface area (Å²) in [5, 5.41) is 7.07. The van der Waals surface area contributed by atoms with Crippen LogP contribution in [0.4, 0.5) is 0 Å². The quantitative estimate of drug-likeness (QED) is 0.446. The molecule has 0 saturated heterocycles. The van der Waals surface area contributed by atoms with Crippen molar-refractivity contribution in [3.63, 3.8) is 0 Å². The predicted molar refractivity (Wildman–Crippen MR) is 101 cm³/mol. The SMILES string of the molecule is c1ccc(-c2cnn3c(-c4ccc5ccccc5c4)ccnc23)cc1. The van der Waals surface area contributed by atoms with Crippen molar-refractivity contribution in [2.45, 2.75) is 0 Å². The van der Waals surface area contributed by atoms with Crippen molar-refractivity contribution < 1.29 is 0 Å². The fourth-order valence-corrected chi connectivity index (χ4v) is 3.28. The second-order valence-electron chi connectivity index (χ2n) is 6.05. The monoisotopic (exact) mass is 321 g/mol. The Morgan fingerprint density at radius 3 is 2.36 bits per heavy atom. The molecule has 3 nitrogen and oxygen atoms in total. The molecule has 2 aromatic heterocycles. The summed E-state index contributed by atoms with van der Waals surface area (Å²) >= 11 is 0. The maximum atomic E-state index is 4.61. The molecule has 3 aromatic carbocycles. The average Bonchev–Trinajstić information content (AvgIpc) is 3.12. The molecule has 25 heavy (non-hydrogen) atoms. The number of rotatable bonds is 2. The first-order chi connectivity index (χ1) is 12.4. The van der Waals surface area contributed by atoms with Crippen LogP contribution in [0.1, 0.15) is 0 Å². The third kappa shape index (κ3) is 2.29.